The lowest BCUT2D eigenvalue weighted by Crippen LogP contribution is -2.63. The molecule has 6 heteroatoms. The molecular formula is C15H20N2O3S. The van der Waals surface area contributed by atoms with Gasteiger partial charge in [-0.15, -0.1) is 0 Å². The van der Waals surface area contributed by atoms with E-state index < -0.39 is 15.6 Å². The highest BCUT2D eigenvalue weighted by Gasteiger charge is 2.51. The second-order valence-electron chi connectivity index (χ2n) is 6.62. The van der Waals surface area contributed by atoms with Crippen molar-refractivity contribution < 1.29 is 13.5 Å². The minimum absolute atomic E-state index is 0.124. The lowest BCUT2D eigenvalue weighted by molar-refractivity contribution is -0.00930. The van der Waals surface area contributed by atoms with Crippen LogP contribution >= 0.6 is 0 Å². The molecule has 0 unspecified atom stereocenters. The molecule has 1 saturated heterocycles. The van der Waals surface area contributed by atoms with Gasteiger partial charge in [-0.2, -0.15) is 0 Å². The lowest BCUT2D eigenvalue weighted by atomic mass is 9.88. The molecule has 114 valence electrons. The van der Waals surface area contributed by atoms with E-state index in [9.17, 15) is 13.5 Å². The van der Waals surface area contributed by atoms with Gasteiger partial charge in [0.15, 0.2) is 0 Å². The first kappa shape index (κ1) is 13.5. The predicted octanol–water partition coefficient (Wildman–Crippen LogP) is 1.09. The van der Waals surface area contributed by atoms with Crippen LogP contribution in [0, 0.1) is 5.92 Å². The van der Waals surface area contributed by atoms with Gasteiger partial charge in [0.2, 0.25) is 10.0 Å². The fraction of sp³-hybridized carbons (Fsp3) is 0.600. The Bertz CT molecular complexity index is 642. The number of sulfonamides is 1. The Morgan fingerprint density at radius 3 is 2.24 bits per heavy atom. The van der Waals surface area contributed by atoms with Crippen molar-refractivity contribution in [2.75, 3.05) is 18.0 Å². The minimum Gasteiger partial charge on any atom is -0.386 e. The molecule has 1 heterocycles. The number of rotatable bonds is 5. The van der Waals surface area contributed by atoms with Crippen molar-refractivity contribution in [3.8, 4) is 0 Å². The number of nitrogens with zero attached hydrogens (tertiary/aromatic N) is 1. The molecule has 0 amide bonds. The quantitative estimate of drug-likeness (QED) is 0.854. The van der Waals surface area contributed by atoms with Crippen LogP contribution in [0.4, 0.5) is 5.69 Å². The average Bonchev–Trinajstić information content (AvgIpc) is 3.27. The van der Waals surface area contributed by atoms with E-state index in [0.29, 0.717) is 23.9 Å². The van der Waals surface area contributed by atoms with Crippen LogP contribution in [0.15, 0.2) is 29.2 Å². The summed E-state index contributed by atoms with van der Waals surface area (Å²) in [6.07, 6.45) is 4.14. The minimum atomic E-state index is -3.37. The summed E-state index contributed by atoms with van der Waals surface area (Å²) in [4.78, 5) is 2.42. The Hall–Kier alpha value is -1.11. The summed E-state index contributed by atoms with van der Waals surface area (Å²) < 4.78 is 26.8. The zero-order chi connectivity index (χ0) is 14.7. The van der Waals surface area contributed by atoms with Gasteiger partial charge in [0.1, 0.15) is 5.60 Å². The van der Waals surface area contributed by atoms with Crippen LogP contribution in [-0.2, 0) is 10.0 Å². The first-order valence-corrected chi connectivity index (χ1v) is 9.04. The van der Waals surface area contributed by atoms with Crippen LogP contribution in [0.25, 0.3) is 0 Å². The smallest absolute Gasteiger partial charge is 0.240 e. The normalized spacial score (nSPS) is 24.7. The number of benzene rings is 1. The van der Waals surface area contributed by atoms with Gasteiger partial charge >= 0.3 is 0 Å². The molecule has 3 fully saturated rings. The molecule has 1 aromatic rings. The van der Waals surface area contributed by atoms with Crippen LogP contribution in [0.1, 0.15) is 25.7 Å². The summed E-state index contributed by atoms with van der Waals surface area (Å²) in [5, 5.41) is 10.3. The SMILES string of the molecule is O=S(=O)(NC1CC1)c1ccc(N2CC(O)(C3CC3)C2)cc1. The van der Waals surface area contributed by atoms with Crippen molar-refractivity contribution in [1.82, 2.24) is 4.72 Å². The first-order valence-electron chi connectivity index (χ1n) is 7.56. The maximum absolute atomic E-state index is 12.1. The van der Waals surface area contributed by atoms with Gasteiger partial charge in [-0.05, 0) is 55.9 Å². The third kappa shape index (κ3) is 2.56. The summed E-state index contributed by atoms with van der Waals surface area (Å²) in [7, 11) is -3.37. The average molecular weight is 308 g/mol. The van der Waals surface area contributed by atoms with Crippen LogP contribution < -0.4 is 9.62 Å². The molecule has 5 nitrogen and oxygen atoms in total. The van der Waals surface area contributed by atoms with E-state index in [0.717, 1.165) is 31.4 Å². The molecule has 21 heavy (non-hydrogen) atoms. The highest BCUT2D eigenvalue weighted by atomic mass is 32.2. The highest BCUT2D eigenvalue weighted by Crippen LogP contribution is 2.45. The predicted molar refractivity (Wildman–Crippen MR) is 79.7 cm³/mol. The molecule has 1 aliphatic heterocycles. The van der Waals surface area contributed by atoms with E-state index in [2.05, 4.69) is 9.62 Å². The van der Waals surface area contributed by atoms with Crippen molar-refractivity contribution in [3.05, 3.63) is 24.3 Å². The fourth-order valence-electron chi connectivity index (χ4n) is 3.00. The number of hydrogen-bond acceptors (Lipinski definition) is 4. The molecule has 0 atom stereocenters. The Labute approximate surface area is 125 Å². The second kappa shape index (κ2) is 4.44. The Morgan fingerprint density at radius 1 is 1.10 bits per heavy atom. The van der Waals surface area contributed by atoms with Crippen LogP contribution in [0.3, 0.4) is 0 Å². The molecule has 0 aromatic heterocycles. The van der Waals surface area contributed by atoms with E-state index in [1.807, 2.05) is 12.1 Å². The molecule has 4 rings (SSSR count). The van der Waals surface area contributed by atoms with Gasteiger partial charge in [-0.1, -0.05) is 0 Å². The standard InChI is InChI=1S/C15H20N2O3S/c18-15(11-1-2-11)9-17(10-15)13-5-7-14(8-6-13)21(19,20)16-12-3-4-12/h5-8,11-12,16,18H,1-4,9-10H2. The molecule has 0 bridgehead atoms. The molecule has 2 aliphatic carbocycles. The molecule has 0 spiro atoms. The van der Waals surface area contributed by atoms with Gasteiger partial charge in [0.25, 0.3) is 0 Å². The second-order valence-corrected chi connectivity index (χ2v) is 8.34. The zero-order valence-electron chi connectivity index (χ0n) is 11.8. The highest BCUT2D eigenvalue weighted by molar-refractivity contribution is 7.89. The van der Waals surface area contributed by atoms with Gasteiger partial charge in [0.05, 0.1) is 4.90 Å². The fourth-order valence-corrected chi connectivity index (χ4v) is 4.31. The maximum Gasteiger partial charge on any atom is 0.240 e. The van der Waals surface area contributed by atoms with Gasteiger partial charge < -0.3 is 10.0 Å². The maximum atomic E-state index is 12.1. The summed E-state index contributed by atoms with van der Waals surface area (Å²) in [6.45, 7) is 1.31. The van der Waals surface area contributed by atoms with Crippen molar-refractivity contribution in [2.24, 2.45) is 5.92 Å². The third-order valence-corrected chi connectivity index (χ3v) is 6.21. The zero-order valence-corrected chi connectivity index (χ0v) is 12.6. The van der Waals surface area contributed by atoms with E-state index in [-0.39, 0.29) is 6.04 Å². The van der Waals surface area contributed by atoms with Crippen molar-refractivity contribution >= 4 is 15.7 Å². The van der Waals surface area contributed by atoms with Crippen LogP contribution in [0.2, 0.25) is 0 Å². The number of β-amino-alcohol motifs (C(OH)–C–C–N with tert-alkyl or cyclic N) is 1. The van der Waals surface area contributed by atoms with Crippen molar-refractivity contribution in [3.63, 3.8) is 0 Å². The first-order chi connectivity index (χ1) is 9.96. The van der Waals surface area contributed by atoms with Crippen molar-refractivity contribution in [2.45, 2.75) is 42.2 Å². The van der Waals surface area contributed by atoms with Gasteiger partial charge in [-0.3, -0.25) is 0 Å². The summed E-state index contributed by atoms with van der Waals surface area (Å²) in [6, 6.07) is 7.07. The molecule has 0 radical (unpaired) electrons. The summed E-state index contributed by atoms with van der Waals surface area (Å²) in [5.74, 6) is 0.469. The molecular weight excluding hydrogens is 288 g/mol. The van der Waals surface area contributed by atoms with Crippen LogP contribution in [0.5, 0.6) is 0 Å². The van der Waals surface area contributed by atoms with Crippen molar-refractivity contribution in [1.29, 1.82) is 0 Å². The van der Waals surface area contributed by atoms with E-state index in [1.165, 1.54) is 0 Å². The largest absolute Gasteiger partial charge is 0.386 e. The number of nitrogens with one attached hydrogen (secondary N) is 1. The summed E-state index contributed by atoms with van der Waals surface area (Å²) in [5.41, 5.74) is 0.462. The monoisotopic (exact) mass is 308 g/mol. The number of hydrogen-bond donors (Lipinski definition) is 2. The number of anilines is 1. The third-order valence-electron chi connectivity index (χ3n) is 4.68. The molecule has 1 aromatic carbocycles. The molecule has 3 aliphatic rings. The lowest BCUT2D eigenvalue weighted by Gasteiger charge is -2.48. The van der Waals surface area contributed by atoms with Crippen LogP contribution in [-0.4, -0.2) is 38.3 Å². The Kier molecular flexibility index (Phi) is 2.87. The van der Waals surface area contributed by atoms with Gasteiger partial charge in [0, 0.05) is 24.8 Å². The van der Waals surface area contributed by atoms with E-state index in [4.69, 9.17) is 0 Å². The molecule has 2 N–H and O–H groups in total. The van der Waals surface area contributed by atoms with E-state index >= 15 is 0 Å². The van der Waals surface area contributed by atoms with Gasteiger partial charge in [-0.25, -0.2) is 13.1 Å². The van der Waals surface area contributed by atoms with E-state index in [1.54, 1.807) is 12.1 Å². The Balaban J connectivity index is 1.44. The molecule has 2 saturated carbocycles. The topological polar surface area (TPSA) is 69.6 Å². The Morgan fingerprint density at radius 2 is 1.71 bits per heavy atom. The summed E-state index contributed by atoms with van der Waals surface area (Å²) >= 11 is 0. The number of aliphatic hydroxyl groups is 1.